The number of aromatic nitrogens is 2. The molecule has 2 rings (SSSR count). The van der Waals surface area contributed by atoms with Crippen LogP contribution in [-0.2, 0) is 0 Å². The van der Waals surface area contributed by atoms with Gasteiger partial charge in [-0.05, 0) is 32.1 Å². The molecule has 0 spiro atoms. The predicted octanol–water partition coefficient (Wildman–Crippen LogP) is 2.84. The van der Waals surface area contributed by atoms with Gasteiger partial charge < -0.3 is 10.2 Å². The van der Waals surface area contributed by atoms with Crippen LogP contribution in [0.15, 0.2) is 6.07 Å². The van der Waals surface area contributed by atoms with Crippen molar-refractivity contribution in [3.05, 3.63) is 11.8 Å². The van der Waals surface area contributed by atoms with Crippen LogP contribution in [0.2, 0.25) is 0 Å². The van der Waals surface area contributed by atoms with Gasteiger partial charge in [0.2, 0.25) is 5.95 Å². The van der Waals surface area contributed by atoms with Crippen LogP contribution < -0.4 is 10.2 Å². The molecule has 0 bridgehead atoms. The van der Waals surface area contributed by atoms with E-state index in [2.05, 4.69) is 47.0 Å². The van der Waals surface area contributed by atoms with Crippen molar-refractivity contribution in [3.8, 4) is 0 Å². The monoisotopic (exact) mass is 248 g/mol. The number of piperidine rings is 1. The molecule has 4 nitrogen and oxygen atoms in total. The average molecular weight is 248 g/mol. The SMILES string of the molecule is CCNc1nc(C)cc(N2CCCC(C)(C)C2)n1. The van der Waals surface area contributed by atoms with Crippen molar-refractivity contribution in [1.82, 2.24) is 9.97 Å². The van der Waals surface area contributed by atoms with Crippen molar-refractivity contribution in [1.29, 1.82) is 0 Å². The van der Waals surface area contributed by atoms with Gasteiger partial charge in [-0.15, -0.1) is 0 Å². The Morgan fingerprint density at radius 1 is 1.39 bits per heavy atom. The number of nitrogens with one attached hydrogen (secondary N) is 1. The summed E-state index contributed by atoms with van der Waals surface area (Å²) in [5.74, 6) is 1.81. The van der Waals surface area contributed by atoms with Gasteiger partial charge in [-0.2, -0.15) is 4.98 Å². The van der Waals surface area contributed by atoms with E-state index in [9.17, 15) is 0 Å². The van der Waals surface area contributed by atoms with E-state index in [0.29, 0.717) is 5.41 Å². The van der Waals surface area contributed by atoms with Crippen LogP contribution in [0.3, 0.4) is 0 Å². The number of anilines is 2. The zero-order chi connectivity index (χ0) is 13.2. The van der Waals surface area contributed by atoms with Gasteiger partial charge in [-0.1, -0.05) is 13.8 Å². The van der Waals surface area contributed by atoms with Crippen molar-refractivity contribution in [2.75, 3.05) is 29.9 Å². The summed E-state index contributed by atoms with van der Waals surface area (Å²) < 4.78 is 0. The van der Waals surface area contributed by atoms with Gasteiger partial charge in [-0.25, -0.2) is 4.98 Å². The quantitative estimate of drug-likeness (QED) is 0.893. The van der Waals surface area contributed by atoms with E-state index in [4.69, 9.17) is 0 Å². The highest BCUT2D eigenvalue weighted by atomic mass is 15.2. The molecule has 1 aliphatic heterocycles. The molecular weight excluding hydrogens is 224 g/mol. The van der Waals surface area contributed by atoms with E-state index in [0.717, 1.165) is 37.1 Å². The number of aryl methyl sites for hydroxylation is 1. The summed E-state index contributed by atoms with van der Waals surface area (Å²) in [6.45, 7) is 11.8. The van der Waals surface area contributed by atoms with E-state index in [1.807, 2.05) is 6.92 Å². The van der Waals surface area contributed by atoms with Crippen molar-refractivity contribution in [2.24, 2.45) is 5.41 Å². The van der Waals surface area contributed by atoms with Gasteiger partial charge in [0.25, 0.3) is 0 Å². The first-order valence-corrected chi connectivity index (χ1v) is 6.85. The van der Waals surface area contributed by atoms with Gasteiger partial charge in [-0.3, -0.25) is 0 Å². The molecule has 1 aromatic rings. The number of nitrogens with zero attached hydrogens (tertiary/aromatic N) is 3. The third-order valence-corrected chi connectivity index (χ3v) is 3.40. The second kappa shape index (κ2) is 5.12. The maximum Gasteiger partial charge on any atom is 0.224 e. The van der Waals surface area contributed by atoms with E-state index >= 15 is 0 Å². The maximum atomic E-state index is 4.62. The molecule has 1 saturated heterocycles. The molecule has 1 fully saturated rings. The number of hydrogen-bond donors (Lipinski definition) is 1. The van der Waals surface area contributed by atoms with Gasteiger partial charge >= 0.3 is 0 Å². The maximum absolute atomic E-state index is 4.62. The van der Waals surface area contributed by atoms with Crippen molar-refractivity contribution < 1.29 is 0 Å². The highest BCUT2D eigenvalue weighted by Gasteiger charge is 2.27. The summed E-state index contributed by atoms with van der Waals surface area (Å²) >= 11 is 0. The summed E-state index contributed by atoms with van der Waals surface area (Å²) in [6, 6.07) is 2.09. The second-order valence-electron chi connectivity index (χ2n) is 5.91. The minimum atomic E-state index is 0.384. The molecule has 0 saturated carbocycles. The molecule has 0 aliphatic carbocycles. The first-order chi connectivity index (χ1) is 8.50. The topological polar surface area (TPSA) is 41.1 Å². The standard InChI is InChI=1S/C14H24N4/c1-5-15-13-16-11(2)9-12(17-13)18-8-6-7-14(3,4)10-18/h9H,5-8,10H2,1-4H3,(H,15,16,17). The second-order valence-corrected chi connectivity index (χ2v) is 5.91. The Hall–Kier alpha value is -1.32. The fraction of sp³-hybridized carbons (Fsp3) is 0.714. The summed E-state index contributed by atoms with van der Waals surface area (Å²) in [6.07, 6.45) is 2.54. The lowest BCUT2D eigenvalue weighted by Gasteiger charge is -2.38. The first kappa shape index (κ1) is 13.1. The zero-order valence-corrected chi connectivity index (χ0v) is 12.0. The average Bonchev–Trinajstić information content (AvgIpc) is 2.27. The molecule has 1 aromatic heterocycles. The summed E-state index contributed by atoms with van der Waals surface area (Å²) in [5, 5.41) is 3.20. The number of hydrogen-bond acceptors (Lipinski definition) is 4. The molecule has 0 unspecified atom stereocenters. The Kier molecular flexibility index (Phi) is 3.73. The van der Waals surface area contributed by atoms with Crippen LogP contribution in [0.25, 0.3) is 0 Å². The minimum absolute atomic E-state index is 0.384. The molecule has 4 heteroatoms. The van der Waals surface area contributed by atoms with Gasteiger partial charge in [0, 0.05) is 31.4 Å². The summed E-state index contributed by atoms with van der Waals surface area (Å²) in [5.41, 5.74) is 1.41. The van der Waals surface area contributed by atoms with Crippen molar-refractivity contribution in [2.45, 2.75) is 40.5 Å². The predicted molar refractivity (Wildman–Crippen MR) is 76.2 cm³/mol. The van der Waals surface area contributed by atoms with E-state index < -0.39 is 0 Å². The van der Waals surface area contributed by atoms with E-state index in [1.165, 1.54) is 12.8 Å². The fourth-order valence-corrected chi connectivity index (χ4v) is 2.57. The highest BCUT2D eigenvalue weighted by Crippen LogP contribution is 2.31. The summed E-state index contributed by atoms with van der Waals surface area (Å²) in [7, 11) is 0. The Balaban J connectivity index is 2.21. The molecule has 0 radical (unpaired) electrons. The zero-order valence-electron chi connectivity index (χ0n) is 12.0. The van der Waals surface area contributed by atoms with Crippen molar-refractivity contribution in [3.63, 3.8) is 0 Å². The molecule has 18 heavy (non-hydrogen) atoms. The lowest BCUT2D eigenvalue weighted by molar-refractivity contribution is 0.292. The van der Waals surface area contributed by atoms with Crippen molar-refractivity contribution >= 4 is 11.8 Å². The molecular formula is C14H24N4. The molecule has 0 aromatic carbocycles. The first-order valence-electron chi connectivity index (χ1n) is 6.85. The van der Waals surface area contributed by atoms with E-state index in [1.54, 1.807) is 0 Å². The largest absolute Gasteiger partial charge is 0.356 e. The molecule has 1 N–H and O–H groups in total. The third kappa shape index (κ3) is 3.12. The Morgan fingerprint density at radius 3 is 2.83 bits per heavy atom. The molecule has 0 amide bonds. The lowest BCUT2D eigenvalue weighted by atomic mass is 9.84. The van der Waals surface area contributed by atoms with Gasteiger partial charge in [0.15, 0.2) is 0 Å². The van der Waals surface area contributed by atoms with E-state index in [-0.39, 0.29) is 0 Å². The molecule has 0 atom stereocenters. The van der Waals surface area contributed by atoms with Crippen LogP contribution in [0.1, 0.15) is 39.3 Å². The Bertz CT molecular complexity index is 414. The summed E-state index contributed by atoms with van der Waals surface area (Å²) in [4.78, 5) is 11.4. The van der Waals surface area contributed by atoms with Crippen LogP contribution in [-0.4, -0.2) is 29.6 Å². The lowest BCUT2D eigenvalue weighted by Crippen LogP contribution is -2.40. The molecule has 2 heterocycles. The van der Waals surface area contributed by atoms with Gasteiger partial charge in [0.05, 0.1) is 0 Å². The third-order valence-electron chi connectivity index (χ3n) is 3.40. The smallest absolute Gasteiger partial charge is 0.224 e. The normalized spacial score (nSPS) is 18.8. The highest BCUT2D eigenvalue weighted by molar-refractivity contribution is 5.45. The molecule has 100 valence electrons. The molecule has 1 aliphatic rings. The van der Waals surface area contributed by atoms with Crippen LogP contribution >= 0.6 is 0 Å². The van der Waals surface area contributed by atoms with Crippen LogP contribution in [0.5, 0.6) is 0 Å². The fourth-order valence-electron chi connectivity index (χ4n) is 2.57. The van der Waals surface area contributed by atoms with Crippen LogP contribution in [0.4, 0.5) is 11.8 Å². The minimum Gasteiger partial charge on any atom is -0.356 e. The van der Waals surface area contributed by atoms with Gasteiger partial charge in [0.1, 0.15) is 5.82 Å². The van der Waals surface area contributed by atoms with Crippen LogP contribution in [0, 0.1) is 12.3 Å². The Morgan fingerprint density at radius 2 is 2.17 bits per heavy atom. The number of rotatable bonds is 3. The Labute approximate surface area is 110 Å².